The molecule has 0 aliphatic carbocycles. The van der Waals surface area contributed by atoms with Crippen LogP contribution in [0.15, 0.2) is 217 Å². The number of thiophene rings is 2. The second-order valence-corrected chi connectivity index (χ2v) is 18.2. The molecule has 4 heteroatoms. The summed E-state index contributed by atoms with van der Waals surface area (Å²) < 4.78 is 12.0. The van der Waals surface area contributed by atoms with Crippen molar-refractivity contribution in [3.8, 4) is 33.4 Å². The van der Waals surface area contributed by atoms with Crippen molar-refractivity contribution >= 4 is 113 Å². The molecule has 13 aromatic rings. The normalized spacial score (nSPS) is 11.9. The second kappa shape index (κ2) is 14.0. The monoisotopic (exact) mass is 825 g/mol. The summed E-state index contributed by atoms with van der Waals surface area (Å²) in [5, 5.41) is 9.78. The fourth-order valence-electron chi connectivity index (χ4n) is 9.46. The third-order valence-electron chi connectivity index (χ3n) is 12.5. The van der Waals surface area contributed by atoms with E-state index in [1.54, 1.807) is 0 Å². The number of fused-ring (bicyclic) bond motifs is 11. The summed E-state index contributed by atoms with van der Waals surface area (Å²) >= 11 is 3.68. The third-order valence-corrected chi connectivity index (χ3v) is 14.8. The lowest BCUT2D eigenvalue weighted by molar-refractivity contribution is 0.674. The van der Waals surface area contributed by atoms with E-state index in [0.717, 1.165) is 50.1 Å². The lowest BCUT2D eigenvalue weighted by atomic mass is 9.97. The molecule has 0 saturated carbocycles. The van der Waals surface area contributed by atoms with Crippen LogP contribution >= 0.6 is 22.7 Å². The molecule has 3 heterocycles. The highest BCUT2D eigenvalue weighted by Crippen LogP contribution is 2.47. The zero-order valence-corrected chi connectivity index (χ0v) is 35.0. The topological polar surface area (TPSA) is 16.4 Å². The van der Waals surface area contributed by atoms with Crippen molar-refractivity contribution in [3.05, 3.63) is 212 Å². The minimum atomic E-state index is 0.922. The molecule has 0 spiro atoms. The van der Waals surface area contributed by atoms with E-state index in [4.69, 9.17) is 4.42 Å². The minimum Gasteiger partial charge on any atom is -0.455 e. The van der Waals surface area contributed by atoms with Crippen molar-refractivity contribution in [1.29, 1.82) is 0 Å². The predicted molar refractivity (Wildman–Crippen MR) is 268 cm³/mol. The Labute approximate surface area is 365 Å². The van der Waals surface area contributed by atoms with Crippen molar-refractivity contribution in [2.75, 3.05) is 4.90 Å². The van der Waals surface area contributed by atoms with Gasteiger partial charge in [-0.3, -0.25) is 0 Å². The van der Waals surface area contributed by atoms with Gasteiger partial charge < -0.3 is 9.32 Å². The Kier molecular flexibility index (Phi) is 7.99. The average molecular weight is 826 g/mol. The van der Waals surface area contributed by atoms with Gasteiger partial charge in [-0.25, -0.2) is 0 Å². The first-order chi connectivity index (χ1) is 30.7. The summed E-state index contributed by atoms with van der Waals surface area (Å²) in [6, 6.07) is 77.3. The molecule has 290 valence electrons. The van der Waals surface area contributed by atoms with Crippen LogP contribution < -0.4 is 4.90 Å². The van der Waals surface area contributed by atoms with Gasteiger partial charge in [0.1, 0.15) is 11.2 Å². The van der Waals surface area contributed by atoms with E-state index in [0.29, 0.717) is 0 Å². The van der Waals surface area contributed by atoms with Crippen LogP contribution in [0.2, 0.25) is 0 Å². The highest BCUT2D eigenvalue weighted by atomic mass is 32.1. The molecule has 0 bridgehead atoms. The molecule has 13 rings (SSSR count). The van der Waals surface area contributed by atoms with Gasteiger partial charge in [-0.05, 0) is 105 Å². The van der Waals surface area contributed by atoms with Crippen molar-refractivity contribution < 1.29 is 4.42 Å². The Morgan fingerprint density at radius 2 is 0.919 bits per heavy atom. The van der Waals surface area contributed by atoms with Crippen LogP contribution in [-0.2, 0) is 0 Å². The third kappa shape index (κ3) is 5.61. The number of anilines is 3. The van der Waals surface area contributed by atoms with Gasteiger partial charge in [-0.2, -0.15) is 0 Å². The summed E-state index contributed by atoms with van der Waals surface area (Å²) in [6.07, 6.45) is 0. The van der Waals surface area contributed by atoms with Crippen LogP contribution in [0.4, 0.5) is 17.1 Å². The smallest absolute Gasteiger partial charge is 0.144 e. The highest BCUT2D eigenvalue weighted by molar-refractivity contribution is 7.26. The van der Waals surface area contributed by atoms with Gasteiger partial charge >= 0.3 is 0 Å². The lowest BCUT2D eigenvalue weighted by Gasteiger charge is -2.26. The number of para-hydroxylation sites is 1. The Bertz CT molecular complexity index is 3860. The number of hydrogen-bond acceptors (Lipinski definition) is 4. The van der Waals surface area contributed by atoms with Gasteiger partial charge in [-0.15, -0.1) is 22.7 Å². The maximum absolute atomic E-state index is 6.91. The summed E-state index contributed by atoms with van der Waals surface area (Å²) in [4.78, 5) is 2.41. The van der Waals surface area contributed by atoms with Gasteiger partial charge in [0.25, 0.3) is 0 Å². The molecule has 0 N–H and O–H groups in total. The number of furan rings is 1. The molecule has 0 amide bonds. The fraction of sp³-hybridized carbons (Fsp3) is 0. The van der Waals surface area contributed by atoms with E-state index in [9.17, 15) is 0 Å². The molecule has 0 saturated heterocycles. The zero-order chi connectivity index (χ0) is 40.7. The molecule has 0 unspecified atom stereocenters. The van der Waals surface area contributed by atoms with Crippen molar-refractivity contribution in [1.82, 2.24) is 0 Å². The van der Waals surface area contributed by atoms with Gasteiger partial charge in [0.15, 0.2) is 0 Å². The van der Waals surface area contributed by atoms with Crippen molar-refractivity contribution in [3.63, 3.8) is 0 Å². The number of benzene rings is 10. The Hall–Kier alpha value is -7.50. The van der Waals surface area contributed by atoms with Gasteiger partial charge in [0.2, 0.25) is 0 Å². The Balaban J connectivity index is 0.920. The van der Waals surface area contributed by atoms with Crippen LogP contribution in [0.5, 0.6) is 0 Å². The van der Waals surface area contributed by atoms with Crippen LogP contribution in [-0.4, -0.2) is 0 Å². The zero-order valence-electron chi connectivity index (χ0n) is 33.4. The number of nitrogens with zero attached hydrogens (tertiary/aromatic N) is 1. The highest BCUT2D eigenvalue weighted by Gasteiger charge is 2.20. The Morgan fingerprint density at radius 3 is 1.68 bits per heavy atom. The van der Waals surface area contributed by atoms with E-state index in [1.165, 1.54) is 73.4 Å². The van der Waals surface area contributed by atoms with E-state index < -0.39 is 0 Å². The Morgan fingerprint density at radius 1 is 0.339 bits per heavy atom. The molecule has 0 atom stereocenters. The minimum absolute atomic E-state index is 0.922. The predicted octanol–water partition coefficient (Wildman–Crippen LogP) is 17.9. The largest absolute Gasteiger partial charge is 0.455 e. The lowest BCUT2D eigenvalue weighted by Crippen LogP contribution is -2.10. The fourth-order valence-corrected chi connectivity index (χ4v) is 11.8. The first kappa shape index (κ1) is 35.3. The van der Waals surface area contributed by atoms with E-state index in [1.807, 2.05) is 22.7 Å². The summed E-state index contributed by atoms with van der Waals surface area (Å²) in [6.45, 7) is 0. The molecule has 3 aromatic heterocycles. The van der Waals surface area contributed by atoms with Gasteiger partial charge in [-0.1, -0.05) is 146 Å². The second-order valence-electron chi connectivity index (χ2n) is 16.0. The first-order valence-corrected chi connectivity index (χ1v) is 22.6. The molecular formula is C58H35NOS2. The van der Waals surface area contributed by atoms with E-state index in [-0.39, 0.29) is 0 Å². The van der Waals surface area contributed by atoms with Crippen LogP contribution in [0.25, 0.3) is 106 Å². The van der Waals surface area contributed by atoms with Crippen molar-refractivity contribution in [2.45, 2.75) is 0 Å². The number of hydrogen-bond donors (Lipinski definition) is 0. The summed E-state index contributed by atoms with van der Waals surface area (Å²) in [5.74, 6) is 0. The van der Waals surface area contributed by atoms with Gasteiger partial charge in [0, 0.05) is 63.4 Å². The van der Waals surface area contributed by atoms with Crippen LogP contribution in [0, 0.1) is 0 Å². The molecule has 0 aliphatic heterocycles. The summed E-state index contributed by atoms with van der Waals surface area (Å²) in [5.41, 5.74) is 12.3. The maximum atomic E-state index is 6.91. The van der Waals surface area contributed by atoms with E-state index >= 15 is 0 Å². The van der Waals surface area contributed by atoms with Crippen LogP contribution in [0.1, 0.15) is 0 Å². The molecule has 0 aliphatic rings. The summed E-state index contributed by atoms with van der Waals surface area (Å²) in [7, 11) is 0. The quantitative estimate of drug-likeness (QED) is 0.166. The molecule has 10 aromatic carbocycles. The molecule has 62 heavy (non-hydrogen) atoms. The standard InChI is InChI=1S/C58H35NOS2/c1-2-10-36(11-3-1)40-22-20-38-21-23-41(35-42(38)34-40)37-24-28-43(29-25-37)59(51-17-9-16-49-46-12-4-6-18-52(46)62-58(49)51)44-30-26-39(27-31-44)45-14-8-15-47-48-32-33-54-55(57(48)60-56(45)47)50-13-5-7-19-53(50)61-54/h1-35H. The van der Waals surface area contributed by atoms with Crippen LogP contribution in [0.3, 0.4) is 0 Å². The molecular weight excluding hydrogens is 791 g/mol. The molecule has 0 fully saturated rings. The molecule has 2 nitrogen and oxygen atoms in total. The van der Waals surface area contributed by atoms with Crippen molar-refractivity contribution in [2.24, 2.45) is 0 Å². The average Bonchev–Trinajstić information content (AvgIpc) is 4.04. The van der Waals surface area contributed by atoms with Gasteiger partial charge in [0.05, 0.1) is 10.4 Å². The SMILES string of the molecule is c1ccc(-c2ccc3ccc(-c4ccc(N(c5ccc(-c6cccc7c6oc6c7ccc7sc8ccccc8c76)cc5)c5cccc6c5sc5ccccc56)cc4)cc3c2)cc1. The number of rotatable bonds is 6. The first-order valence-electron chi connectivity index (χ1n) is 21.0. The molecule has 0 radical (unpaired) electrons. The maximum Gasteiger partial charge on any atom is 0.144 e. The van der Waals surface area contributed by atoms with E-state index in [2.05, 4.69) is 217 Å².